The highest BCUT2D eigenvalue weighted by Gasteiger charge is 2.46. The zero-order valence-electron chi connectivity index (χ0n) is 26.3. The summed E-state index contributed by atoms with van der Waals surface area (Å²) >= 11 is 0. The van der Waals surface area contributed by atoms with Crippen molar-refractivity contribution in [2.75, 3.05) is 39.5 Å². The standard InChI is InChI=1S/C35H42N2O10.2H2/c1-3-32(38)44-22-29(20-42-27-11-7-5-8-12-27)46-34(40)36-18-25-15-24-16-26(31(25)17-24)19-37-35(41)47-30(23-45-33(39)4-2)21-43-28-13-9-6-10-14-28;;/h3-14,24-26,29-31H,1-2,15-23H2,(H,36,40)(H,37,41);2*1H. The van der Waals surface area contributed by atoms with E-state index in [4.69, 9.17) is 28.4 Å². The molecule has 2 aromatic carbocycles. The maximum Gasteiger partial charge on any atom is 0.407 e. The van der Waals surface area contributed by atoms with Crippen molar-refractivity contribution in [3.05, 3.63) is 86.0 Å². The second-order valence-electron chi connectivity index (χ2n) is 11.5. The van der Waals surface area contributed by atoms with Crippen LogP contribution in [0.5, 0.6) is 11.5 Å². The molecule has 2 aromatic rings. The van der Waals surface area contributed by atoms with E-state index in [0.717, 1.165) is 31.4 Å². The summed E-state index contributed by atoms with van der Waals surface area (Å²) in [6, 6.07) is 18.1. The highest BCUT2D eigenvalue weighted by Crippen LogP contribution is 2.51. The molecule has 2 N–H and O–H groups in total. The molecule has 2 fully saturated rings. The average Bonchev–Trinajstić information content (AvgIpc) is 3.70. The lowest BCUT2D eigenvalue weighted by molar-refractivity contribution is -0.142. The number of fused-ring (bicyclic) bond motifs is 2. The van der Waals surface area contributed by atoms with Gasteiger partial charge in [0.2, 0.25) is 0 Å². The van der Waals surface area contributed by atoms with Crippen LogP contribution in [0, 0.1) is 23.7 Å². The van der Waals surface area contributed by atoms with Crippen LogP contribution < -0.4 is 20.1 Å². The number of para-hydroxylation sites is 2. The number of ether oxygens (including phenoxy) is 6. The van der Waals surface area contributed by atoms with E-state index in [9.17, 15) is 19.2 Å². The van der Waals surface area contributed by atoms with Gasteiger partial charge in [-0.2, -0.15) is 0 Å². The van der Waals surface area contributed by atoms with Gasteiger partial charge in [0.1, 0.15) is 37.9 Å². The first-order chi connectivity index (χ1) is 22.8. The highest BCUT2D eigenvalue weighted by atomic mass is 16.6. The van der Waals surface area contributed by atoms with Crippen LogP contribution in [0.1, 0.15) is 22.1 Å². The molecular formula is C35H46N2O10. The number of hydrogen-bond donors (Lipinski definition) is 2. The summed E-state index contributed by atoms with van der Waals surface area (Å²) < 4.78 is 32.6. The molecule has 0 aliphatic heterocycles. The Kier molecular flexibility index (Phi) is 13.5. The Morgan fingerprint density at radius 1 is 0.681 bits per heavy atom. The molecule has 256 valence electrons. The number of esters is 2. The molecule has 2 bridgehead atoms. The molecule has 47 heavy (non-hydrogen) atoms. The first-order valence-electron chi connectivity index (χ1n) is 15.7. The topological polar surface area (TPSA) is 148 Å². The predicted molar refractivity (Wildman–Crippen MR) is 175 cm³/mol. The summed E-state index contributed by atoms with van der Waals surface area (Å²) in [6.07, 6.45) is 2.09. The normalized spacial score (nSPS) is 20.5. The molecule has 0 heterocycles. The van der Waals surface area contributed by atoms with E-state index in [1.54, 1.807) is 24.3 Å². The molecule has 4 rings (SSSR count). The summed E-state index contributed by atoms with van der Waals surface area (Å²) in [6.45, 7) is 7.21. The van der Waals surface area contributed by atoms with Crippen LogP contribution in [0.25, 0.3) is 0 Å². The Labute approximate surface area is 277 Å². The fraction of sp³-hybridized carbons (Fsp3) is 0.429. The number of rotatable bonds is 18. The largest absolute Gasteiger partial charge is 0.490 e. The molecule has 4 atom stereocenters. The van der Waals surface area contributed by atoms with Crippen molar-refractivity contribution in [2.45, 2.75) is 31.5 Å². The van der Waals surface area contributed by atoms with Crippen LogP contribution >= 0.6 is 0 Å². The molecule has 4 unspecified atom stereocenters. The van der Waals surface area contributed by atoms with Crippen LogP contribution in [-0.2, 0) is 28.5 Å². The third-order valence-electron chi connectivity index (χ3n) is 8.17. The van der Waals surface area contributed by atoms with Gasteiger partial charge in [-0.1, -0.05) is 49.6 Å². The lowest BCUT2D eigenvalue weighted by Gasteiger charge is -2.30. The van der Waals surface area contributed by atoms with Gasteiger partial charge in [0.25, 0.3) is 0 Å². The fourth-order valence-corrected chi connectivity index (χ4v) is 6.05. The molecule has 2 aliphatic rings. The Balaban J connectivity index is 0.00000417. The molecule has 2 amide bonds. The molecule has 0 spiro atoms. The zero-order chi connectivity index (χ0) is 33.4. The second kappa shape index (κ2) is 18.2. The molecule has 2 aliphatic carbocycles. The van der Waals surface area contributed by atoms with Gasteiger partial charge < -0.3 is 39.1 Å². The van der Waals surface area contributed by atoms with E-state index >= 15 is 0 Å². The number of carbonyl (C=O) groups is 4. The maximum absolute atomic E-state index is 12.7. The molecule has 12 heteroatoms. The average molecular weight is 655 g/mol. The van der Waals surface area contributed by atoms with Crippen molar-refractivity contribution in [2.24, 2.45) is 23.7 Å². The molecule has 0 aromatic heterocycles. The van der Waals surface area contributed by atoms with Crippen molar-refractivity contribution >= 4 is 24.1 Å². The minimum Gasteiger partial charge on any atom is -0.490 e. The predicted octanol–water partition coefficient (Wildman–Crippen LogP) is 4.95. The maximum atomic E-state index is 12.7. The number of carbonyl (C=O) groups excluding carboxylic acids is 4. The van der Waals surface area contributed by atoms with Crippen molar-refractivity contribution in [1.82, 2.24) is 10.6 Å². The van der Waals surface area contributed by atoms with E-state index in [2.05, 4.69) is 23.8 Å². The Morgan fingerprint density at radius 2 is 1.11 bits per heavy atom. The van der Waals surface area contributed by atoms with Crippen molar-refractivity contribution in [1.29, 1.82) is 0 Å². The van der Waals surface area contributed by atoms with Gasteiger partial charge >= 0.3 is 24.1 Å². The quantitative estimate of drug-likeness (QED) is 0.129. The van der Waals surface area contributed by atoms with Crippen LogP contribution in [0.2, 0.25) is 0 Å². The summed E-state index contributed by atoms with van der Waals surface area (Å²) in [5.41, 5.74) is 0. The van der Waals surface area contributed by atoms with Gasteiger partial charge in [0.15, 0.2) is 12.2 Å². The number of nitrogens with one attached hydrogen (secondary N) is 2. The summed E-state index contributed by atoms with van der Waals surface area (Å²) in [4.78, 5) is 48.6. The van der Waals surface area contributed by atoms with E-state index in [-0.39, 0.29) is 41.1 Å². The summed E-state index contributed by atoms with van der Waals surface area (Å²) in [5, 5.41) is 5.71. The number of amides is 2. The molecule has 0 saturated heterocycles. The van der Waals surface area contributed by atoms with Gasteiger partial charge in [0.05, 0.1) is 0 Å². The first-order valence-corrected chi connectivity index (χ1v) is 15.7. The SMILES string of the molecule is C=CC(=O)OCC(COc1ccccc1)OC(=O)NCC1CC2CC(CNC(=O)OC(COC(=O)C=C)COc3ccccc3)C1C2.[HH].[HH]. The molecule has 12 nitrogen and oxygen atoms in total. The minimum atomic E-state index is -0.829. The van der Waals surface area contributed by atoms with E-state index in [1.807, 2.05) is 36.4 Å². The monoisotopic (exact) mass is 654 g/mol. The van der Waals surface area contributed by atoms with Crippen molar-refractivity contribution in [3.63, 3.8) is 0 Å². The third-order valence-corrected chi connectivity index (χ3v) is 8.17. The molecule has 2 saturated carbocycles. The second-order valence-corrected chi connectivity index (χ2v) is 11.5. The van der Waals surface area contributed by atoms with Crippen LogP contribution in [0.15, 0.2) is 86.0 Å². The van der Waals surface area contributed by atoms with Crippen molar-refractivity contribution in [3.8, 4) is 11.5 Å². The Hall–Kier alpha value is -5.00. The third kappa shape index (κ3) is 11.7. The lowest BCUT2D eigenvalue weighted by Crippen LogP contribution is -2.41. The lowest BCUT2D eigenvalue weighted by atomic mass is 9.80. The fourth-order valence-electron chi connectivity index (χ4n) is 6.05. The van der Waals surface area contributed by atoms with Crippen LogP contribution in [-0.4, -0.2) is 75.9 Å². The zero-order valence-corrected chi connectivity index (χ0v) is 26.3. The van der Waals surface area contributed by atoms with Gasteiger partial charge in [0, 0.05) is 28.1 Å². The number of benzene rings is 2. The van der Waals surface area contributed by atoms with Gasteiger partial charge in [-0.3, -0.25) is 0 Å². The van der Waals surface area contributed by atoms with Gasteiger partial charge in [-0.25, -0.2) is 19.2 Å². The smallest absolute Gasteiger partial charge is 0.407 e. The summed E-state index contributed by atoms with van der Waals surface area (Å²) in [5.74, 6) is 1.16. The van der Waals surface area contributed by atoms with Crippen LogP contribution in [0.4, 0.5) is 9.59 Å². The molecule has 0 radical (unpaired) electrons. The molecular weight excluding hydrogens is 608 g/mol. The number of hydrogen-bond acceptors (Lipinski definition) is 10. The number of alkyl carbamates (subject to hydrolysis) is 2. The Bertz CT molecular complexity index is 1250. The van der Waals surface area contributed by atoms with E-state index < -0.39 is 36.3 Å². The Morgan fingerprint density at radius 3 is 1.49 bits per heavy atom. The van der Waals surface area contributed by atoms with Gasteiger partial charge in [-0.05, 0) is 67.2 Å². The van der Waals surface area contributed by atoms with E-state index in [0.29, 0.717) is 36.4 Å². The minimum absolute atomic E-state index is 0. The van der Waals surface area contributed by atoms with E-state index in [1.165, 1.54) is 0 Å². The van der Waals surface area contributed by atoms with Crippen LogP contribution in [0.3, 0.4) is 0 Å². The van der Waals surface area contributed by atoms with Crippen molar-refractivity contribution < 1.29 is 50.5 Å². The first kappa shape index (κ1) is 34.9. The van der Waals surface area contributed by atoms with Gasteiger partial charge in [-0.15, -0.1) is 0 Å². The highest BCUT2D eigenvalue weighted by molar-refractivity contribution is 5.81. The summed E-state index contributed by atoms with van der Waals surface area (Å²) in [7, 11) is 0.